The van der Waals surface area contributed by atoms with Gasteiger partial charge in [-0.1, -0.05) is 84.9 Å². The molecule has 4 nitrogen and oxygen atoms in total. The van der Waals surface area contributed by atoms with Crippen molar-refractivity contribution in [2.45, 2.75) is 6.04 Å². The van der Waals surface area contributed by atoms with Crippen LogP contribution in [0.15, 0.2) is 109 Å². The fraction of sp³-hybridized carbons (Fsp3) is 0.100. The van der Waals surface area contributed by atoms with Crippen LogP contribution in [0.1, 0.15) is 22.7 Å². The van der Waals surface area contributed by atoms with Crippen molar-refractivity contribution in [3.05, 3.63) is 126 Å². The molecule has 0 aliphatic carbocycles. The Morgan fingerprint density at radius 1 is 0.706 bits per heavy atom. The molecule has 166 valence electrons. The second-order valence-electron chi connectivity index (χ2n) is 8.83. The van der Waals surface area contributed by atoms with Crippen LogP contribution in [0.2, 0.25) is 0 Å². The molecule has 6 rings (SSSR count). The lowest BCUT2D eigenvalue weighted by Gasteiger charge is -2.33. The van der Waals surface area contributed by atoms with Crippen molar-refractivity contribution < 1.29 is 0 Å². The van der Waals surface area contributed by atoms with E-state index in [0.29, 0.717) is 0 Å². The second-order valence-corrected chi connectivity index (χ2v) is 8.83. The first-order valence-electron chi connectivity index (χ1n) is 11.6. The van der Waals surface area contributed by atoms with Crippen molar-refractivity contribution in [3.63, 3.8) is 0 Å². The van der Waals surface area contributed by atoms with Crippen molar-refractivity contribution in [3.8, 4) is 0 Å². The molecule has 4 heteroatoms. The topological polar surface area (TPSA) is 33.1 Å². The molecule has 0 spiro atoms. The van der Waals surface area contributed by atoms with Gasteiger partial charge in [0, 0.05) is 25.4 Å². The highest BCUT2D eigenvalue weighted by molar-refractivity contribution is 6.01. The third-order valence-electron chi connectivity index (χ3n) is 6.51. The molecule has 1 aliphatic heterocycles. The maximum Gasteiger partial charge on any atom is 0.209 e. The van der Waals surface area contributed by atoms with E-state index in [9.17, 15) is 0 Å². The van der Waals surface area contributed by atoms with Crippen molar-refractivity contribution in [2.75, 3.05) is 24.3 Å². The molecule has 1 unspecified atom stereocenters. The number of nitrogens with zero attached hydrogens (tertiary/aromatic N) is 3. The van der Waals surface area contributed by atoms with Gasteiger partial charge in [0.2, 0.25) is 5.95 Å². The van der Waals surface area contributed by atoms with Gasteiger partial charge in [-0.05, 0) is 41.0 Å². The molecule has 0 saturated carbocycles. The van der Waals surface area contributed by atoms with Crippen LogP contribution in [0.3, 0.4) is 0 Å². The van der Waals surface area contributed by atoms with Gasteiger partial charge in [0.15, 0.2) is 0 Å². The maximum absolute atomic E-state index is 4.99. The van der Waals surface area contributed by atoms with Crippen molar-refractivity contribution in [1.82, 2.24) is 9.55 Å². The highest BCUT2D eigenvalue weighted by Gasteiger charge is 2.32. The van der Waals surface area contributed by atoms with E-state index < -0.39 is 0 Å². The lowest BCUT2D eigenvalue weighted by atomic mass is 9.87. The van der Waals surface area contributed by atoms with E-state index in [0.717, 1.165) is 28.2 Å². The number of anilines is 2. The summed E-state index contributed by atoms with van der Waals surface area (Å²) in [7, 11) is 4.15. The molecule has 0 radical (unpaired) electrons. The fourth-order valence-corrected chi connectivity index (χ4v) is 4.86. The van der Waals surface area contributed by atoms with Crippen LogP contribution >= 0.6 is 0 Å². The zero-order valence-corrected chi connectivity index (χ0v) is 19.3. The highest BCUT2D eigenvalue weighted by atomic mass is 15.3. The maximum atomic E-state index is 4.99. The van der Waals surface area contributed by atoms with Gasteiger partial charge in [0.25, 0.3) is 0 Å². The second kappa shape index (κ2) is 8.23. The zero-order valence-electron chi connectivity index (χ0n) is 19.3. The van der Waals surface area contributed by atoms with E-state index in [4.69, 9.17) is 4.98 Å². The number of imidazole rings is 1. The average molecular weight is 443 g/mol. The van der Waals surface area contributed by atoms with E-state index >= 15 is 0 Å². The van der Waals surface area contributed by atoms with Crippen LogP contribution in [0.4, 0.5) is 11.6 Å². The summed E-state index contributed by atoms with van der Waals surface area (Å²) >= 11 is 0. The van der Waals surface area contributed by atoms with Gasteiger partial charge in [-0.2, -0.15) is 0 Å². The monoisotopic (exact) mass is 442 g/mol. The summed E-state index contributed by atoms with van der Waals surface area (Å²) in [6.45, 7) is 0. The lowest BCUT2D eigenvalue weighted by molar-refractivity contribution is 0.737. The summed E-state index contributed by atoms with van der Waals surface area (Å²) in [5.41, 5.74) is 9.18. The van der Waals surface area contributed by atoms with Crippen molar-refractivity contribution in [2.24, 2.45) is 0 Å². The minimum absolute atomic E-state index is 0.0301. The van der Waals surface area contributed by atoms with Crippen LogP contribution < -0.4 is 10.2 Å². The number of aromatic nitrogens is 2. The predicted molar refractivity (Wildman–Crippen MR) is 142 cm³/mol. The third-order valence-corrected chi connectivity index (χ3v) is 6.51. The molecule has 0 saturated heterocycles. The van der Waals surface area contributed by atoms with Gasteiger partial charge in [-0.3, -0.25) is 4.57 Å². The zero-order chi connectivity index (χ0) is 23.1. The predicted octanol–water partition coefficient (Wildman–Crippen LogP) is 6.69. The summed E-state index contributed by atoms with van der Waals surface area (Å²) in [5.74, 6) is 0.862. The molecule has 0 amide bonds. The number of para-hydroxylation sites is 2. The first-order valence-corrected chi connectivity index (χ1v) is 11.6. The van der Waals surface area contributed by atoms with Crippen LogP contribution in [0.5, 0.6) is 0 Å². The molecule has 1 atom stereocenters. The van der Waals surface area contributed by atoms with Crippen LogP contribution in [-0.4, -0.2) is 23.6 Å². The van der Waals surface area contributed by atoms with Gasteiger partial charge in [0.1, 0.15) is 0 Å². The SMILES string of the molecule is CN(C)c1ccc(C2C(c3ccccc3)=C(c3ccccc3)Nc3nc4ccccc4n32)cc1. The minimum Gasteiger partial charge on any atom is -0.378 e. The Morgan fingerprint density at radius 3 is 2.00 bits per heavy atom. The summed E-state index contributed by atoms with van der Waals surface area (Å²) in [6.07, 6.45) is 0. The smallest absolute Gasteiger partial charge is 0.209 e. The highest BCUT2D eigenvalue weighted by Crippen LogP contribution is 2.46. The van der Waals surface area contributed by atoms with E-state index in [1.54, 1.807) is 0 Å². The average Bonchev–Trinajstić information content (AvgIpc) is 3.27. The molecule has 34 heavy (non-hydrogen) atoms. The Balaban J connectivity index is 1.67. The van der Waals surface area contributed by atoms with E-state index in [-0.39, 0.29) is 6.04 Å². The number of allylic oxidation sites excluding steroid dienone is 1. The van der Waals surface area contributed by atoms with E-state index in [1.165, 1.54) is 22.4 Å². The Kier molecular flexibility index (Phi) is 4.92. The fourth-order valence-electron chi connectivity index (χ4n) is 4.86. The normalized spacial score (nSPS) is 15.2. The molecule has 1 aliphatic rings. The summed E-state index contributed by atoms with van der Waals surface area (Å²) in [4.78, 5) is 7.12. The Bertz CT molecular complexity index is 1480. The number of nitrogens with one attached hydrogen (secondary N) is 1. The third kappa shape index (κ3) is 3.35. The largest absolute Gasteiger partial charge is 0.378 e. The van der Waals surface area contributed by atoms with Crippen molar-refractivity contribution >= 4 is 33.9 Å². The molecular formula is C30H26N4. The minimum atomic E-state index is -0.0301. The van der Waals surface area contributed by atoms with E-state index in [2.05, 4.69) is 132 Å². The van der Waals surface area contributed by atoms with Gasteiger partial charge in [-0.25, -0.2) is 4.98 Å². The first-order chi connectivity index (χ1) is 16.7. The quantitative estimate of drug-likeness (QED) is 0.337. The van der Waals surface area contributed by atoms with Crippen LogP contribution in [-0.2, 0) is 0 Å². The van der Waals surface area contributed by atoms with Gasteiger partial charge in [-0.15, -0.1) is 0 Å². The molecule has 1 N–H and O–H groups in total. The lowest BCUT2D eigenvalue weighted by Crippen LogP contribution is -2.23. The van der Waals surface area contributed by atoms with E-state index in [1.807, 2.05) is 6.07 Å². The summed E-state index contributed by atoms with van der Waals surface area (Å²) < 4.78 is 2.34. The Hall–Kier alpha value is -4.31. The number of fused-ring (bicyclic) bond motifs is 3. The molecule has 4 aromatic carbocycles. The standard InChI is InChI=1S/C30H26N4/c1-33(2)24-19-17-23(18-20-24)29-27(21-11-5-3-6-12-21)28(22-13-7-4-8-14-22)32-30-31-25-15-9-10-16-26(25)34(29)30/h3-20,29H,1-2H3,(H,31,32). The Morgan fingerprint density at radius 2 is 1.32 bits per heavy atom. The number of benzene rings is 4. The summed E-state index contributed by atoms with van der Waals surface area (Å²) in [5, 5.41) is 3.70. The molecule has 1 aromatic heterocycles. The van der Waals surface area contributed by atoms with Crippen LogP contribution in [0, 0.1) is 0 Å². The first kappa shape index (κ1) is 20.3. The molecule has 5 aromatic rings. The summed E-state index contributed by atoms with van der Waals surface area (Å²) in [6, 6.07) is 38.5. The van der Waals surface area contributed by atoms with Crippen LogP contribution in [0.25, 0.3) is 22.3 Å². The molecule has 0 bridgehead atoms. The van der Waals surface area contributed by atoms with Gasteiger partial charge < -0.3 is 10.2 Å². The van der Waals surface area contributed by atoms with Crippen molar-refractivity contribution in [1.29, 1.82) is 0 Å². The number of rotatable bonds is 4. The van der Waals surface area contributed by atoms with Gasteiger partial charge in [0.05, 0.1) is 22.8 Å². The Labute approximate surface area is 199 Å². The molecule has 2 heterocycles. The number of hydrogen-bond donors (Lipinski definition) is 1. The molecular weight excluding hydrogens is 416 g/mol. The molecule has 0 fully saturated rings. The number of hydrogen-bond acceptors (Lipinski definition) is 3. The van der Waals surface area contributed by atoms with Gasteiger partial charge >= 0.3 is 0 Å².